The summed E-state index contributed by atoms with van der Waals surface area (Å²) in [4.78, 5) is 16.2. The number of nitrogens with zero attached hydrogens (tertiary/aromatic N) is 3. The van der Waals surface area contributed by atoms with Gasteiger partial charge >= 0.3 is 6.09 Å². The maximum absolute atomic E-state index is 13.6. The summed E-state index contributed by atoms with van der Waals surface area (Å²) in [5.41, 5.74) is 0.537. The third-order valence-corrected chi connectivity index (χ3v) is 7.53. The molecule has 3 rings (SSSR count). The summed E-state index contributed by atoms with van der Waals surface area (Å²) >= 11 is 12.1. The zero-order valence-corrected chi connectivity index (χ0v) is 21.3. The van der Waals surface area contributed by atoms with Crippen molar-refractivity contribution in [1.29, 1.82) is 0 Å². The Hall–Kier alpha value is -2.79. The summed E-state index contributed by atoms with van der Waals surface area (Å²) in [6.07, 6.45) is 5.19. The van der Waals surface area contributed by atoms with Gasteiger partial charge in [0.1, 0.15) is 6.61 Å². The lowest BCUT2D eigenvalue weighted by Gasteiger charge is -2.31. The van der Waals surface area contributed by atoms with E-state index in [0.29, 0.717) is 30.1 Å². The van der Waals surface area contributed by atoms with E-state index in [-0.39, 0.29) is 22.2 Å². The van der Waals surface area contributed by atoms with E-state index in [1.54, 1.807) is 31.6 Å². The predicted molar refractivity (Wildman–Crippen MR) is 134 cm³/mol. The van der Waals surface area contributed by atoms with Gasteiger partial charge in [0.15, 0.2) is 0 Å². The van der Waals surface area contributed by atoms with E-state index in [2.05, 4.69) is 10.3 Å². The van der Waals surface area contributed by atoms with Crippen LogP contribution in [0.15, 0.2) is 66.1 Å². The fraction of sp³-hybridized carbons (Fsp3) is 0.304. The van der Waals surface area contributed by atoms with Gasteiger partial charge < -0.3 is 19.7 Å². The topological polar surface area (TPSA) is 114 Å². The number of carbonyl (C=O) groups is 1. The first-order valence-electron chi connectivity index (χ1n) is 10.8. The van der Waals surface area contributed by atoms with Crippen LogP contribution in [-0.4, -0.2) is 48.4 Å². The van der Waals surface area contributed by atoms with E-state index < -0.39 is 28.8 Å². The molecule has 0 aliphatic heterocycles. The molecule has 2 N–H and O–H groups in total. The van der Waals surface area contributed by atoms with Gasteiger partial charge in [-0.25, -0.2) is 18.2 Å². The van der Waals surface area contributed by atoms with Crippen LogP contribution in [-0.2, 0) is 27.9 Å². The highest BCUT2D eigenvalue weighted by Gasteiger charge is 2.32. The second-order valence-corrected chi connectivity index (χ2v) is 10.4. The highest BCUT2D eigenvalue weighted by Crippen LogP contribution is 2.32. The van der Waals surface area contributed by atoms with Gasteiger partial charge in [-0.2, -0.15) is 0 Å². The number of imidazole rings is 1. The summed E-state index contributed by atoms with van der Waals surface area (Å²) in [7, 11) is -4.13. The summed E-state index contributed by atoms with van der Waals surface area (Å²) < 4.78 is 35.5. The van der Waals surface area contributed by atoms with Gasteiger partial charge in [-0.3, -0.25) is 4.31 Å². The maximum Gasteiger partial charge on any atom is 0.407 e. The number of ether oxygens (including phenoxy) is 1. The van der Waals surface area contributed by atoms with Crippen LogP contribution >= 0.6 is 23.2 Å². The van der Waals surface area contributed by atoms with Crippen LogP contribution < -0.4 is 9.62 Å². The van der Waals surface area contributed by atoms with E-state index in [9.17, 15) is 18.3 Å². The first kappa shape index (κ1) is 26.8. The molecule has 1 amide bonds. The van der Waals surface area contributed by atoms with Crippen molar-refractivity contribution >= 4 is 45.0 Å². The number of hydrogen-bond acceptors (Lipinski definition) is 6. The number of nitrogens with one attached hydrogen (secondary N) is 1. The number of aliphatic hydroxyl groups is 1. The molecular formula is C23H26Cl2N4O5S. The Morgan fingerprint density at radius 2 is 1.91 bits per heavy atom. The van der Waals surface area contributed by atoms with Gasteiger partial charge in [-0.15, -0.1) is 0 Å². The van der Waals surface area contributed by atoms with Gasteiger partial charge in [0.2, 0.25) is 0 Å². The second kappa shape index (κ2) is 12.3. The second-order valence-electron chi connectivity index (χ2n) is 7.71. The third-order valence-electron chi connectivity index (χ3n) is 5.10. The highest BCUT2D eigenvalue weighted by molar-refractivity contribution is 7.92. The number of sulfonamides is 1. The molecule has 35 heavy (non-hydrogen) atoms. The van der Waals surface area contributed by atoms with Crippen LogP contribution in [0.2, 0.25) is 10.0 Å². The quantitative estimate of drug-likeness (QED) is 0.354. The van der Waals surface area contributed by atoms with Crippen molar-refractivity contribution in [2.75, 3.05) is 17.5 Å². The van der Waals surface area contributed by atoms with Gasteiger partial charge in [0.25, 0.3) is 10.0 Å². The van der Waals surface area contributed by atoms with Gasteiger partial charge in [0.05, 0.1) is 29.6 Å². The fourth-order valence-corrected chi connectivity index (χ4v) is 5.35. The van der Waals surface area contributed by atoms with E-state index in [0.717, 1.165) is 4.31 Å². The van der Waals surface area contributed by atoms with Gasteiger partial charge in [0, 0.05) is 41.1 Å². The van der Waals surface area contributed by atoms with E-state index in [4.69, 9.17) is 27.9 Å². The molecule has 1 aromatic heterocycles. The van der Waals surface area contributed by atoms with Crippen LogP contribution in [0.4, 0.5) is 10.5 Å². The molecule has 2 aromatic carbocycles. The van der Waals surface area contributed by atoms with Crippen molar-refractivity contribution in [2.45, 2.75) is 37.4 Å². The molecule has 3 aromatic rings. The number of benzene rings is 2. The van der Waals surface area contributed by atoms with Crippen LogP contribution in [0.5, 0.6) is 0 Å². The van der Waals surface area contributed by atoms with Crippen LogP contribution in [0, 0.1) is 0 Å². The fourth-order valence-electron chi connectivity index (χ4n) is 3.39. The summed E-state index contributed by atoms with van der Waals surface area (Å²) in [6, 6.07) is 9.43. The first-order chi connectivity index (χ1) is 16.7. The Bertz CT molecular complexity index is 1220. The average Bonchev–Trinajstić information content (AvgIpc) is 3.34. The molecule has 0 radical (unpaired) electrons. The molecular weight excluding hydrogens is 515 g/mol. The van der Waals surface area contributed by atoms with Crippen LogP contribution in [0.1, 0.15) is 18.9 Å². The Balaban J connectivity index is 1.75. The first-order valence-corrected chi connectivity index (χ1v) is 13.0. The minimum absolute atomic E-state index is 0.0124. The molecule has 1 heterocycles. The number of aryl methyl sites for hydroxylation is 1. The minimum atomic E-state index is -4.13. The van der Waals surface area contributed by atoms with Gasteiger partial charge in [-0.05, 0) is 49.7 Å². The lowest BCUT2D eigenvalue weighted by molar-refractivity contribution is 0.141. The number of aliphatic hydroxyl groups excluding tert-OH is 1. The largest absolute Gasteiger partial charge is 0.447 e. The standard InChI is InChI=1S/C23H26Cl2N4O5S/c1-17(15-34-23(31)27-9-2-11-28-12-10-26-16-28)29(22-13-20(25)4-3-18(22)14-30)35(32,33)21-7-5-19(24)6-8-21/h3-8,10,12-13,16-17,30H,2,9,11,14-15H2,1H3,(H,27,31). The number of aromatic nitrogens is 2. The summed E-state index contributed by atoms with van der Waals surface area (Å²) in [6.45, 7) is 2.01. The van der Waals surface area contributed by atoms with E-state index >= 15 is 0 Å². The molecule has 1 atom stereocenters. The normalized spacial score (nSPS) is 12.2. The SMILES string of the molecule is CC(COC(=O)NCCCn1ccnc1)N(c1cc(Cl)ccc1CO)S(=O)(=O)c1ccc(Cl)cc1. The Kier molecular flexibility index (Phi) is 9.39. The Labute approximate surface area is 214 Å². The zero-order valence-electron chi connectivity index (χ0n) is 19.0. The maximum atomic E-state index is 13.6. The van der Waals surface area contributed by atoms with Gasteiger partial charge in [-0.1, -0.05) is 29.3 Å². The lowest BCUT2D eigenvalue weighted by atomic mass is 10.1. The summed E-state index contributed by atoms with van der Waals surface area (Å²) in [5.74, 6) is 0. The number of amides is 1. The van der Waals surface area contributed by atoms with Crippen molar-refractivity contribution < 1.29 is 23.1 Å². The van der Waals surface area contributed by atoms with Crippen molar-refractivity contribution in [3.05, 3.63) is 76.8 Å². The third kappa shape index (κ3) is 7.11. The van der Waals surface area contributed by atoms with Crippen LogP contribution in [0.3, 0.4) is 0 Å². The van der Waals surface area contributed by atoms with Crippen molar-refractivity contribution in [3.8, 4) is 0 Å². The smallest absolute Gasteiger partial charge is 0.407 e. The molecule has 1 unspecified atom stereocenters. The van der Waals surface area contributed by atoms with Crippen molar-refractivity contribution in [1.82, 2.24) is 14.9 Å². The molecule has 0 aliphatic rings. The lowest BCUT2D eigenvalue weighted by Crippen LogP contribution is -2.43. The minimum Gasteiger partial charge on any atom is -0.447 e. The number of halogens is 2. The van der Waals surface area contributed by atoms with Crippen LogP contribution in [0.25, 0.3) is 0 Å². The molecule has 0 aliphatic carbocycles. The molecule has 12 heteroatoms. The van der Waals surface area contributed by atoms with Crippen molar-refractivity contribution in [2.24, 2.45) is 0 Å². The Morgan fingerprint density at radius 1 is 1.20 bits per heavy atom. The average molecular weight is 541 g/mol. The molecule has 0 bridgehead atoms. The number of hydrogen-bond donors (Lipinski definition) is 2. The number of rotatable bonds is 11. The Morgan fingerprint density at radius 3 is 2.57 bits per heavy atom. The predicted octanol–water partition coefficient (Wildman–Crippen LogP) is 4.08. The number of anilines is 1. The molecule has 188 valence electrons. The number of carbonyl (C=O) groups excluding carboxylic acids is 1. The monoisotopic (exact) mass is 540 g/mol. The van der Waals surface area contributed by atoms with E-state index in [1.807, 2.05) is 10.8 Å². The molecule has 0 saturated heterocycles. The highest BCUT2D eigenvalue weighted by atomic mass is 35.5. The molecule has 0 fully saturated rings. The zero-order chi connectivity index (χ0) is 25.4. The molecule has 0 saturated carbocycles. The summed E-state index contributed by atoms with van der Waals surface area (Å²) in [5, 5.41) is 13.2. The molecule has 9 nitrogen and oxygen atoms in total. The van der Waals surface area contributed by atoms with Crippen molar-refractivity contribution in [3.63, 3.8) is 0 Å². The van der Waals surface area contributed by atoms with E-state index in [1.165, 1.54) is 30.3 Å². The number of alkyl carbamates (subject to hydrolysis) is 1. The molecule has 0 spiro atoms.